The van der Waals surface area contributed by atoms with Gasteiger partial charge < -0.3 is 14.0 Å². The molecule has 7 heteroatoms. The van der Waals surface area contributed by atoms with Crippen LogP contribution in [0.2, 0.25) is 5.02 Å². The van der Waals surface area contributed by atoms with E-state index in [1.807, 2.05) is 45.0 Å². The van der Waals surface area contributed by atoms with Gasteiger partial charge in [-0.1, -0.05) is 30.7 Å². The standard InChI is InChI=1S/C21H24ClN3O3/c1-6-15-16(13-8-10-14(22)11-9-13)24-17-19(28-12(3)4)18(21(26)27-7-2)25(5)20(17)23-15/h8-12H,6-7H2,1-5H3. The van der Waals surface area contributed by atoms with Crippen molar-refractivity contribution in [2.45, 2.75) is 40.2 Å². The number of fused-ring (bicyclic) bond motifs is 1. The van der Waals surface area contributed by atoms with E-state index in [-0.39, 0.29) is 12.7 Å². The molecule has 28 heavy (non-hydrogen) atoms. The van der Waals surface area contributed by atoms with Gasteiger partial charge in [-0.25, -0.2) is 14.8 Å². The molecule has 0 aliphatic rings. The number of hydrogen-bond donors (Lipinski definition) is 0. The van der Waals surface area contributed by atoms with Gasteiger partial charge in [0, 0.05) is 17.6 Å². The van der Waals surface area contributed by atoms with Crippen molar-refractivity contribution in [3.05, 3.63) is 40.7 Å². The molecule has 0 radical (unpaired) electrons. The van der Waals surface area contributed by atoms with E-state index in [0.717, 1.165) is 17.0 Å². The lowest BCUT2D eigenvalue weighted by atomic mass is 10.1. The first-order chi connectivity index (χ1) is 13.4. The van der Waals surface area contributed by atoms with Crippen molar-refractivity contribution in [2.24, 2.45) is 7.05 Å². The van der Waals surface area contributed by atoms with Crippen molar-refractivity contribution in [3.63, 3.8) is 0 Å². The van der Waals surface area contributed by atoms with E-state index in [0.29, 0.717) is 34.1 Å². The second-order valence-corrected chi connectivity index (χ2v) is 7.11. The fourth-order valence-corrected chi connectivity index (χ4v) is 3.20. The largest absolute Gasteiger partial charge is 0.486 e. The van der Waals surface area contributed by atoms with Crippen molar-refractivity contribution >= 4 is 28.7 Å². The molecule has 0 fully saturated rings. The topological polar surface area (TPSA) is 66.2 Å². The maximum absolute atomic E-state index is 12.6. The van der Waals surface area contributed by atoms with Crippen molar-refractivity contribution < 1.29 is 14.3 Å². The van der Waals surface area contributed by atoms with Gasteiger partial charge in [-0.15, -0.1) is 0 Å². The van der Waals surface area contributed by atoms with Crippen molar-refractivity contribution in [3.8, 4) is 17.0 Å². The van der Waals surface area contributed by atoms with Gasteiger partial charge in [0.25, 0.3) is 0 Å². The molecular weight excluding hydrogens is 378 g/mol. The Morgan fingerprint density at radius 1 is 1.18 bits per heavy atom. The lowest BCUT2D eigenvalue weighted by Crippen LogP contribution is -2.14. The van der Waals surface area contributed by atoms with E-state index in [4.69, 9.17) is 31.0 Å². The van der Waals surface area contributed by atoms with Crippen LogP contribution in [0.4, 0.5) is 0 Å². The zero-order valence-corrected chi connectivity index (χ0v) is 17.5. The Bertz CT molecular complexity index is 1010. The molecule has 0 amide bonds. The molecule has 0 spiro atoms. The first-order valence-corrected chi connectivity index (χ1v) is 9.74. The highest BCUT2D eigenvalue weighted by molar-refractivity contribution is 6.30. The molecule has 3 rings (SSSR count). The molecule has 0 unspecified atom stereocenters. The number of hydrogen-bond acceptors (Lipinski definition) is 5. The quantitative estimate of drug-likeness (QED) is 0.554. The average Bonchev–Trinajstić information content (AvgIpc) is 2.92. The van der Waals surface area contributed by atoms with Crippen LogP contribution in [-0.2, 0) is 18.2 Å². The third-order valence-corrected chi connectivity index (χ3v) is 4.56. The monoisotopic (exact) mass is 401 g/mol. The predicted molar refractivity (Wildman–Crippen MR) is 110 cm³/mol. The number of rotatable bonds is 6. The predicted octanol–water partition coefficient (Wildman–Crippen LogP) is 4.82. The van der Waals surface area contributed by atoms with Crippen LogP contribution in [0.3, 0.4) is 0 Å². The smallest absolute Gasteiger partial charge is 0.358 e. The van der Waals surface area contributed by atoms with Crippen molar-refractivity contribution in [1.29, 1.82) is 0 Å². The highest BCUT2D eigenvalue weighted by Gasteiger charge is 2.27. The van der Waals surface area contributed by atoms with Gasteiger partial charge in [0.15, 0.2) is 22.6 Å². The molecule has 0 saturated carbocycles. The van der Waals surface area contributed by atoms with Crippen LogP contribution in [0, 0.1) is 0 Å². The zero-order valence-electron chi connectivity index (χ0n) is 16.7. The van der Waals surface area contributed by atoms with E-state index in [9.17, 15) is 4.79 Å². The summed E-state index contributed by atoms with van der Waals surface area (Å²) in [6.45, 7) is 7.88. The number of halogens is 1. The minimum Gasteiger partial charge on any atom is -0.486 e. The minimum atomic E-state index is -0.452. The Hall–Kier alpha value is -2.60. The normalized spacial score (nSPS) is 11.2. The van der Waals surface area contributed by atoms with E-state index >= 15 is 0 Å². The number of carbonyl (C=O) groups is 1. The number of nitrogens with zero attached hydrogens (tertiary/aromatic N) is 3. The van der Waals surface area contributed by atoms with Gasteiger partial charge >= 0.3 is 5.97 Å². The van der Waals surface area contributed by atoms with E-state index in [2.05, 4.69) is 0 Å². The summed E-state index contributed by atoms with van der Waals surface area (Å²) in [5.74, 6) is -0.0529. The molecule has 0 N–H and O–H groups in total. The van der Waals surface area contributed by atoms with Gasteiger partial charge in [-0.2, -0.15) is 0 Å². The van der Waals surface area contributed by atoms with Gasteiger partial charge in [0.05, 0.1) is 24.1 Å². The van der Waals surface area contributed by atoms with E-state index in [1.165, 1.54) is 0 Å². The second-order valence-electron chi connectivity index (χ2n) is 6.68. The minimum absolute atomic E-state index is 0.134. The summed E-state index contributed by atoms with van der Waals surface area (Å²) in [7, 11) is 1.78. The molecule has 2 heterocycles. The summed E-state index contributed by atoms with van der Waals surface area (Å²) in [6.07, 6.45) is 0.562. The SMILES string of the molecule is CCOC(=O)c1c(OC(C)C)c2nc(-c3ccc(Cl)cc3)c(CC)nc2n1C. The number of aromatic nitrogens is 3. The third kappa shape index (κ3) is 3.69. The molecule has 0 bridgehead atoms. The zero-order chi connectivity index (χ0) is 20.4. The van der Waals surface area contributed by atoms with Crippen molar-refractivity contribution in [1.82, 2.24) is 14.5 Å². The summed E-state index contributed by atoms with van der Waals surface area (Å²) in [6, 6.07) is 7.47. The maximum atomic E-state index is 12.6. The Labute approximate surface area is 169 Å². The highest BCUT2D eigenvalue weighted by atomic mass is 35.5. The first kappa shape index (κ1) is 20.1. The molecule has 2 aromatic heterocycles. The lowest BCUT2D eigenvalue weighted by Gasteiger charge is -2.11. The van der Waals surface area contributed by atoms with Gasteiger partial charge in [0.1, 0.15) is 0 Å². The summed E-state index contributed by atoms with van der Waals surface area (Å²) in [4.78, 5) is 22.3. The fraction of sp³-hybridized carbons (Fsp3) is 0.381. The molecule has 3 aromatic rings. The molecule has 6 nitrogen and oxygen atoms in total. The number of benzene rings is 1. The maximum Gasteiger partial charge on any atom is 0.358 e. The Morgan fingerprint density at radius 3 is 2.43 bits per heavy atom. The lowest BCUT2D eigenvalue weighted by molar-refractivity contribution is 0.0509. The summed E-state index contributed by atoms with van der Waals surface area (Å²) >= 11 is 6.03. The molecule has 0 aliphatic heterocycles. The number of ether oxygens (including phenoxy) is 2. The van der Waals surface area contributed by atoms with Crippen LogP contribution in [0.5, 0.6) is 5.75 Å². The summed E-state index contributed by atoms with van der Waals surface area (Å²) in [5, 5.41) is 0.656. The molecule has 0 atom stereocenters. The second kappa shape index (κ2) is 8.19. The van der Waals surface area contributed by atoms with Crippen LogP contribution in [0.1, 0.15) is 43.9 Å². The van der Waals surface area contributed by atoms with Gasteiger partial charge in [-0.05, 0) is 39.3 Å². The third-order valence-electron chi connectivity index (χ3n) is 4.31. The van der Waals surface area contributed by atoms with Gasteiger partial charge in [0.2, 0.25) is 0 Å². The highest BCUT2D eigenvalue weighted by Crippen LogP contribution is 2.35. The average molecular weight is 402 g/mol. The Balaban J connectivity index is 2.31. The molecule has 1 aromatic carbocycles. The first-order valence-electron chi connectivity index (χ1n) is 9.36. The van der Waals surface area contributed by atoms with Crippen molar-refractivity contribution in [2.75, 3.05) is 6.61 Å². The van der Waals surface area contributed by atoms with E-state index in [1.54, 1.807) is 18.5 Å². The number of carbonyl (C=O) groups excluding carboxylic acids is 1. The molecule has 0 aliphatic carbocycles. The number of esters is 1. The summed E-state index contributed by atoms with van der Waals surface area (Å²) in [5.41, 5.74) is 3.95. The fourth-order valence-electron chi connectivity index (χ4n) is 3.08. The van der Waals surface area contributed by atoms with Crippen LogP contribution in [0.15, 0.2) is 24.3 Å². The van der Waals surface area contributed by atoms with E-state index < -0.39 is 5.97 Å². The van der Waals surface area contributed by atoms with Crippen LogP contribution >= 0.6 is 11.6 Å². The molecule has 148 valence electrons. The molecule has 0 saturated heterocycles. The Kier molecular flexibility index (Phi) is 5.89. The van der Waals surface area contributed by atoms with Crippen LogP contribution in [0.25, 0.3) is 22.4 Å². The van der Waals surface area contributed by atoms with Crippen LogP contribution < -0.4 is 4.74 Å². The van der Waals surface area contributed by atoms with Gasteiger partial charge in [-0.3, -0.25) is 0 Å². The molecular formula is C21H24ClN3O3. The summed E-state index contributed by atoms with van der Waals surface area (Å²) < 4.78 is 12.9. The number of aryl methyl sites for hydroxylation is 2. The Morgan fingerprint density at radius 2 is 1.86 bits per heavy atom. The van der Waals surface area contributed by atoms with Crippen LogP contribution in [-0.4, -0.2) is 33.2 Å².